The van der Waals surface area contributed by atoms with Crippen molar-refractivity contribution in [1.29, 1.82) is 0 Å². The monoisotopic (exact) mass is 591 g/mol. The quantitative estimate of drug-likeness (QED) is 0.223. The fourth-order valence-corrected chi connectivity index (χ4v) is 3.24. The minimum absolute atomic E-state index is 0. The second kappa shape index (κ2) is 8.50. The molecule has 0 bridgehead atoms. The van der Waals surface area contributed by atoms with Crippen molar-refractivity contribution in [3.63, 3.8) is 0 Å². The maximum Gasteiger partial charge on any atom is 0.327 e. The molecule has 1 aromatic heterocycles. The van der Waals surface area contributed by atoms with Gasteiger partial charge < -0.3 is 9.22 Å². The minimum Gasteiger partial charge on any atom is -0.460 e. The van der Waals surface area contributed by atoms with Gasteiger partial charge in [0, 0.05) is 47.6 Å². The molecule has 0 fully saturated rings. The van der Waals surface area contributed by atoms with E-state index in [-0.39, 0.29) is 36.7 Å². The molecule has 0 spiro atoms. The Morgan fingerprint density at radius 3 is 1.79 bits per heavy atom. The van der Waals surface area contributed by atoms with Crippen LogP contribution in [-0.4, -0.2) is 17.7 Å². The van der Waals surface area contributed by atoms with E-state index < -0.39 is 0 Å². The number of fused-ring (bicyclic) bond motifs is 3. The van der Waals surface area contributed by atoms with Crippen molar-refractivity contribution in [3.8, 4) is 5.69 Å². The minimum atomic E-state index is -0.258. The van der Waals surface area contributed by atoms with Crippen molar-refractivity contribution >= 4 is 34.8 Å². The molecule has 0 N–H and O–H groups in total. The number of hydrogen-bond donors (Lipinski definition) is 0. The number of nitrogens with zero attached hydrogens (tertiary/aromatic N) is 1. The van der Waals surface area contributed by atoms with Crippen LogP contribution in [0.15, 0.2) is 72.8 Å². The third kappa shape index (κ3) is 3.97. The van der Waals surface area contributed by atoms with E-state index in [0.29, 0.717) is 0 Å². The molecule has 0 atom stereocenters. The van der Waals surface area contributed by atoms with Crippen molar-refractivity contribution in [2.24, 2.45) is 0 Å². The molecule has 1 heterocycles. The van der Waals surface area contributed by atoms with Gasteiger partial charge in [0.05, 0.1) is 11.0 Å². The Morgan fingerprint density at radius 1 is 0.786 bits per heavy atom. The number of aromatic nitrogens is 1. The molecule has 3 aromatic carbocycles. The van der Waals surface area contributed by atoms with E-state index in [1.165, 1.54) is 27.7 Å². The van der Waals surface area contributed by atoms with Crippen molar-refractivity contribution in [3.05, 3.63) is 78.7 Å². The zero-order valence-electron chi connectivity index (χ0n) is 16.9. The van der Waals surface area contributed by atoms with Crippen LogP contribution in [0.5, 0.6) is 0 Å². The second-order valence-electron chi connectivity index (χ2n) is 7.71. The van der Waals surface area contributed by atoms with Gasteiger partial charge in [-0.05, 0) is 24.3 Å². The fraction of sp³-hybridized carbons (Fsp3) is 0.208. The van der Waals surface area contributed by atoms with Gasteiger partial charge >= 0.3 is 7.48 Å². The van der Waals surface area contributed by atoms with Crippen molar-refractivity contribution < 1.29 is 35.8 Å². The number of para-hydroxylation sites is 2. The Balaban J connectivity index is 0.00000225. The molecular formula is C24H24BNOU-. The molecule has 4 rings (SSSR count). The summed E-state index contributed by atoms with van der Waals surface area (Å²) < 4.78 is 8.30. The topological polar surface area (TPSA) is 14.2 Å². The van der Waals surface area contributed by atoms with Crippen molar-refractivity contribution in [2.45, 2.75) is 33.3 Å². The van der Waals surface area contributed by atoms with Gasteiger partial charge in [-0.25, -0.2) is 0 Å². The van der Waals surface area contributed by atoms with Gasteiger partial charge in [-0.2, -0.15) is 13.8 Å². The van der Waals surface area contributed by atoms with Gasteiger partial charge in [-0.15, -0.1) is 0 Å². The smallest absolute Gasteiger partial charge is 0.327 e. The molecule has 2 nitrogen and oxygen atoms in total. The molecule has 4 heteroatoms. The van der Waals surface area contributed by atoms with E-state index >= 15 is 0 Å². The summed E-state index contributed by atoms with van der Waals surface area (Å²) in [4.78, 5) is 0. The Bertz CT molecular complexity index is 1030. The van der Waals surface area contributed by atoms with Gasteiger partial charge in [0.15, 0.2) is 0 Å². The maximum absolute atomic E-state index is 5.98. The van der Waals surface area contributed by atoms with Crippen LogP contribution in [0.4, 0.5) is 0 Å². The Kier molecular flexibility index (Phi) is 6.45. The summed E-state index contributed by atoms with van der Waals surface area (Å²) in [6.07, 6.45) is 0. The molecule has 4 aromatic rings. The van der Waals surface area contributed by atoms with E-state index in [4.69, 9.17) is 4.65 Å². The molecule has 28 heavy (non-hydrogen) atoms. The van der Waals surface area contributed by atoms with Gasteiger partial charge in [0.25, 0.3) is 0 Å². The first-order chi connectivity index (χ1) is 13.0. The van der Waals surface area contributed by atoms with Gasteiger partial charge in [-0.1, -0.05) is 73.4 Å². The maximum atomic E-state index is 5.98. The average Bonchev–Trinajstić information content (AvgIpc) is 3.01. The zero-order chi connectivity index (χ0) is 19.0. The van der Waals surface area contributed by atoms with Crippen LogP contribution in [0.2, 0.25) is 0 Å². The van der Waals surface area contributed by atoms with Crippen LogP contribution in [0.1, 0.15) is 27.7 Å². The molecule has 0 aliphatic heterocycles. The standard InChI is InChI=1S/C24H24BNO.U/c1-17(2)24(3,4)27-25-18-13-15-19(16-14-18)26-22-11-7-5-9-20(22)21-10-6-8-12-23(21)26;/h5-16H,1-4H3;/q-1;. The fourth-order valence-electron chi connectivity index (χ4n) is 3.24. The summed E-state index contributed by atoms with van der Waals surface area (Å²) in [6.45, 7) is 8.37. The van der Waals surface area contributed by atoms with Gasteiger partial charge in [0.2, 0.25) is 0 Å². The summed E-state index contributed by atoms with van der Waals surface area (Å²) >= 11 is 0. The summed E-state index contributed by atoms with van der Waals surface area (Å²) in [5.74, 6) is 1.25. The summed E-state index contributed by atoms with van der Waals surface area (Å²) in [5.41, 5.74) is 4.41. The van der Waals surface area contributed by atoms with Crippen LogP contribution in [0.25, 0.3) is 27.5 Å². The SMILES string of the molecule is C[C-](C)C(C)(C)O[B]c1ccc(-n2c3ccccc3c3ccccc32)cc1.[U]. The van der Waals surface area contributed by atoms with E-state index in [1.54, 1.807) is 0 Å². The van der Waals surface area contributed by atoms with E-state index in [2.05, 4.69) is 105 Å². The predicted molar refractivity (Wildman–Crippen MR) is 116 cm³/mol. The molecule has 0 aliphatic rings. The Hall–Kier alpha value is -1.46. The van der Waals surface area contributed by atoms with Crippen molar-refractivity contribution in [1.82, 2.24) is 4.57 Å². The van der Waals surface area contributed by atoms with Crippen LogP contribution in [0.3, 0.4) is 0 Å². The van der Waals surface area contributed by atoms with Gasteiger partial charge in [-0.3, -0.25) is 5.92 Å². The Labute approximate surface area is 191 Å². The van der Waals surface area contributed by atoms with E-state index in [0.717, 1.165) is 11.2 Å². The third-order valence-corrected chi connectivity index (χ3v) is 5.43. The molecule has 0 saturated heterocycles. The van der Waals surface area contributed by atoms with E-state index in [1.807, 2.05) is 7.48 Å². The first-order valence-corrected chi connectivity index (χ1v) is 9.38. The first kappa shape index (κ1) is 21.3. The first-order valence-electron chi connectivity index (χ1n) is 9.38. The molecular weight excluding hydrogens is 567 g/mol. The number of hydrogen-bond acceptors (Lipinski definition) is 1. The average molecular weight is 591 g/mol. The second-order valence-corrected chi connectivity index (χ2v) is 7.71. The molecule has 139 valence electrons. The molecule has 0 amide bonds. The van der Waals surface area contributed by atoms with Crippen LogP contribution < -0.4 is 5.46 Å². The van der Waals surface area contributed by atoms with Crippen molar-refractivity contribution in [2.75, 3.05) is 0 Å². The van der Waals surface area contributed by atoms with Crippen LogP contribution in [0, 0.1) is 37.0 Å². The third-order valence-electron chi connectivity index (χ3n) is 5.43. The molecule has 0 unspecified atom stereocenters. The van der Waals surface area contributed by atoms with Gasteiger partial charge in [0.1, 0.15) is 0 Å². The summed E-state index contributed by atoms with van der Waals surface area (Å²) in [5, 5.41) is 2.56. The largest absolute Gasteiger partial charge is 0.460 e. The summed E-state index contributed by atoms with van der Waals surface area (Å²) in [7, 11) is 1.85. The van der Waals surface area contributed by atoms with E-state index in [9.17, 15) is 0 Å². The molecule has 0 saturated carbocycles. The Morgan fingerprint density at radius 2 is 1.29 bits per heavy atom. The van der Waals surface area contributed by atoms with Crippen LogP contribution in [-0.2, 0) is 4.65 Å². The number of rotatable bonds is 5. The number of benzene rings is 3. The summed E-state index contributed by atoms with van der Waals surface area (Å²) in [6, 6.07) is 25.7. The van der Waals surface area contributed by atoms with Crippen LogP contribution >= 0.6 is 0 Å². The molecule has 1 radical (unpaired) electrons. The normalized spacial score (nSPS) is 11.8. The molecule has 0 aliphatic carbocycles. The zero-order valence-corrected chi connectivity index (χ0v) is 21.0. The predicted octanol–water partition coefficient (Wildman–Crippen LogP) is 5.44.